The minimum atomic E-state index is -0.561. The van der Waals surface area contributed by atoms with Crippen LogP contribution in [0.1, 0.15) is 0 Å². The van der Waals surface area contributed by atoms with E-state index in [1.165, 1.54) is 37.3 Å². The van der Waals surface area contributed by atoms with Crippen LogP contribution in [0.2, 0.25) is 5.02 Å². The zero-order valence-corrected chi connectivity index (χ0v) is 15.0. The second-order valence-corrected chi connectivity index (χ2v) is 5.80. The summed E-state index contributed by atoms with van der Waals surface area (Å²) < 4.78 is 23.7. The lowest BCUT2D eigenvalue weighted by Gasteiger charge is -2.18. The highest BCUT2D eigenvalue weighted by molar-refractivity contribution is 6.31. The molecule has 6 nitrogen and oxygen atoms in total. The molecule has 0 fully saturated rings. The number of carbonyl (C=O) groups is 2. The second kappa shape index (κ2) is 9.05. The van der Waals surface area contributed by atoms with Gasteiger partial charge in [-0.3, -0.25) is 9.59 Å². The smallest absolute Gasteiger partial charge is 0.260 e. The maximum absolute atomic E-state index is 13.5. The van der Waals surface area contributed by atoms with Crippen molar-refractivity contribution >= 4 is 29.1 Å². The van der Waals surface area contributed by atoms with Crippen molar-refractivity contribution in [1.29, 1.82) is 0 Å². The number of halogens is 2. The number of nitrogens with zero attached hydrogens (tertiary/aromatic N) is 1. The minimum Gasteiger partial charge on any atom is -0.495 e. The zero-order valence-electron chi connectivity index (χ0n) is 14.3. The molecule has 26 heavy (non-hydrogen) atoms. The average Bonchev–Trinajstić information content (AvgIpc) is 2.60. The largest absolute Gasteiger partial charge is 0.495 e. The first-order valence-corrected chi connectivity index (χ1v) is 8.03. The van der Waals surface area contributed by atoms with E-state index in [0.29, 0.717) is 16.5 Å². The Labute approximate surface area is 155 Å². The van der Waals surface area contributed by atoms with E-state index in [2.05, 4.69) is 5.32 Å². The Balaban J connectivity index is 1.89. The summed E-state index contributed by atoms with van der Waals surface area (Å²) in [5, 5.41) is 3.06. The number of likely N-dealkylation sites (N-methyl/N-ethyl adjacent to an activating group) is 1. The number of hydrogen-bond acceptors (Lipinski definition) is 4. The SMILES string of the molecule is COc1ccc(Cl)cc1NC(=O)CN(C)C(=O)COc1ccccc1F. The first kappa shape index (κ1) is 19.5. The van der Waals surface area contributed by atoms with Crippen LogP contribution >= 0.6 is 11.6 Å². The van der Waals surface area contributed by atoms with Crippen molar-refractivity contribution < 1.29 is 23.5 Å². The summed E-state index contributed by atoms with van der Waals surface area (Å²) in [6, 6.07) is 10.6. The first-order chi connectivity index (χ1) is 12.4. The van der Waals surface area contributed by atoms with E-state index in [4.69, 9.17) is 21.1 Å². The summed E-state index contributed by atoms with van der Waals surface area (Å²) >= 11 is 5.91. The normalized spacial score (nSPS) is 10.2. The monoisotopic (exact) mass is 380 g/mol. The predicted molar refractivity (Wildman–Crippen MR) is 96.2 cm³/mol. The van der Waals surface area contributed by atoms with Crippen LogP contribution in [0.4, 0.5) is 10.1 Å². The van der Waals surface area contributed by atoms with Gasteiger partial charge in [0.15, 0.2) is 18.2 Å². The fraction of sp³-hybridized carbons (Fsp3) is 0.222. The van der Waals surface area contributed by atoms with E-state index < -0.39 is 17.6 Å². The van der Waals surface area contributed by atoms with Gasteiger partial charge in [-0.25, -0.2) is 4.39 Å². The Morgan fingerprint density at radius 1 is 1.19 bits per heavy atom. The summed E-state index contributed by atoms with van der Waals surface area (Å²) in [6.45, 7) is -0.597. The van der Waals surface area contributed by atoms with Crippen LogP contribution in [0, 0.1) is 5.82 Å². The highest BCUT2D eigenvalue weighted by atomic mass is 35.5. The van der Waals surface area contributed by atoms with Gasteiger partial charge in [-0.05, 0) is 30.3 Å². The van der Waals surface area contributed by atoms with Gasteiger partial charge in [0.25, 0.3) is 5.91 Å². The predicted octanol–water partition coefficient (Wildman–Crippen LogP) is 2.96. The average molecular weight is 381 g/mol. The number of nitrogens with one attached hydrogen (secondary N) is 1. The molecule has 1 N–H and O–H groups in total. The second-order valence-electron chi connectivity index (χ2n) is 5.36. The van der Waals surface area contributed by atoms with Gasteiger partial charge in [0.05, 0.1) is 19.3 Å². The molecule has 2 amide bonds. The fourth-order valence-corrected chi connectivity index (χ4v) is 2.25. The Kier molecular flexibility index (Phi) is 6.80. The molecule has 0 heterocycles. The summed E-state index contributed by atoms with van der Waals surface area (Å²) in [5.41, 5.74) is 0.397. The van der Waals surface area contributed by atoms with Crippen LogP contribution in [-0.2, 0) is 9.59 Å². The zero-order chi connectivity index (χ0) is 19.1. The lowest BCUT2D eigenvalue weighted by Crippen LogP contribution is -2.37. The maximum atomic E-state index is 13.5. The summed E-state index contributed by atoms with van der Waals surface area (Å²) in [5.74, 6) is -1.05. The molecule has 0 radical (unpaired) electrons. The van der Waals surface area contributed by atoms with E-state index in [1.807, 2.05) is 0 Å². The van der Waals surface area contributed by atoms with Gasteiger partial charge in [-0.15, -0.1) is 0 Å². The topological polar surface area (TPSA) is 67.9 Å². The standard InChI is InChI=1S/C18H18ClFN2O4/c1-22(18(24)11-26-15-6-4-3-5-13(15)20)10-17(23)21-14-9-12(19)7-8-16(14)25-2/h3-9H,10-11H2,1-2H3,(H,21,23). The molecule has 0 unspecified atom stereocenters. The van der Waals surface area contributed by atoms with Crippen molar-refractivity contribution in [3.05, 3.63) is 53.3 Å². The van der Waals surface area contributed by atoms with Gasteiger partial charge in [0.1, 0.15) is 5.75 Å². The van der Waals surface area contributed by atoms with Gasteiger partial charge in [-0.1, -0.05) is 23.7 Å². The third-order valence-electron chi connectivity index (χ3n) is 3.43. The number of methoxy groups -OCH3 is 1. The van der Waals surface area contributed by atoms with Gasteiger partial charge in [0, 0.05) is 12.1 Å². The van der Waals surface area contributed by atoms with Crippen LogP contribution < -0.4 is 14.8 Å². The molecule has 2 aromatic rings. The van der Waals surface area contributed by atoms with E-state index >= 15 is 0 Å². The van der Waals surface area contributed by atoms with E-state index in [1.54, 1.807) is 24.3 Å². The number of anilines is 1. The van der Waals surface area contributed by atoms with Crippen molar-refractivity contribution in [3.63, 3.8) is 0 Å². The van der Waals surface area contributed by atoms with E-state index in [-0.39, 0.29) is 18.9 Å². The maximum Gasteiger partial charge on any atom is 0.260 e. The van der Waals surface area contributed by atoms with Crippen LogP contribution in [0.3, 0.4) is 0 Å². The van der Waals surface area contributed by atoms with Gasteiger partial charge in [-0.2, -0.15) is 0 Å². The van der Waals surface area contributed by atoms with E-state index in [0.717, 1.165) is 0 Å². The number of hydrogen-bond donors (Lipinski definition) is 1. The molecule has 0 bridgehead atoms. The molecule has 2 aromatic carbocycles. The molecule has 0 aliphatic rings. The minimum absolute atomic E-state index is 0.0256. The molecule has 0 aliphatic carbocycles. The number of benzene rings is 2. The summed E-state index contributed by atoms with van der Waals surface area (Å²) in [6.07, 6.45) is 0. The fourth-order valence-electron chi connectivity index (χ4n) is 2.08. The molecular formula is C18H18ClFN2O4. The van der Waals surface area contributed by atoms with Gasteiger partial charge >= 0.3 is 0 Å². The van der Waals surface area contributed by atoms with Crippen LogP contribution in [0.5, 0.6) is 11.5 Å². The molecular weight excluding hydrogens is 363 g/mol. The van der Waals surface area contributed by atoms with E-state index in [9.17, 15) is 14.0 Å². The lowest BCUT2D eigenvalue weighted by atomic mass is 10.3. The Morgan fingerprint density at radius 3 is 2.62 bits per heavy atom. The van der Waals surface area contributed by atoms with Crippen molar-refractivity contribution in [2.24, 2.45) is 0 Å². The molecule has 8 heteroatoms. The molecule has 0 aliphatic heterocycles. The number of ether oxygens (including phenoxy) is 2. The van der Waals surface area contributed by atoms with Crippen molar-refractivity contribution in [2.45, 2.75) is 0 Å². The third kappa shape index (κ3) is 5.35. The molecule has 0 saturated heterocycles. The first-order valence-electron chi connectivity index (χ1n) is 7.65. The lowest BCUT2D eigenvalue weighted by molar-refractivity contribution is -0.135. The van der Waals surface area contributed by atoms with Crippen LogP contribution in [0.15, 0.2) is 42.5 Å². The number of carbonyl (C=O) groups excluding carboxylic acids is 2. The highest BCUT2D eigenvalue weighted by Crippen LogP contribution is 2.27. The van der Waals surface area contributed by atoms with Gasteiger partial charge in [0.2, 0.25) is 5.91 Å². The molecule has 2 rings (SSSR count). The quantitative estimate of drug-likeness (QED) is 0.802. The Morgan fingerprint density at radius 2 is 1.92 bits per heavy atom. The summed E-state index contributed by atoms with van der Waals surface area (Å²) in [4.78, 5) is 25.3. The van der Waals surface area contributed by atoms with Crippen molar-refractivity contribution in [3.8, 4) is 11.5 Å². The molecule has 138 valence electrons. The molecule has 0 aromatic heterocycles. The van der Waals surface area contributed by atoms with Crippen LogP contribution in [0.25, 0.3) is 0 Å². The number of rotatable bonds is 7. The van der Waals surface area contributed by atoms with Gasteiger partial charge < -0.3 is 19.7 Å². The Hall–Kier alpha value is -2.80. The van der Waals surface area contributed by atoms with Crippen LogP contribution in [-0.4, -0.2) is 44.0 Å². The summed E-state index contributed by atoms with van der Waals surface area (Å²) in [7, 11) is 2.91. The van der Waals surface area contributed by atoms with Crippen molar-refractivity contribution in [2.75, 3.05) is 32.6 Å². The number of amides is 2. The highest BCUT2D eigenvalue weighted by Gasteiger charge is 2.16. The Bertz CT molecular complexity index is 801. The molecule has 0 atom stereocenters. The number of para-hydroxylation sites is 1. The van der Waals surface area contributed by atoms with Crippen molar-refractivity contribution in [1.82, 2.24) is 4.90 Å². The molecule has 0 saturated carbocycles. The molecule has 0 spiro atoms. The third-order valence-corrected chi connectivity index (χ3v) is 3.67.